The highest BCUT2D eigenvalue weighted by Gasteiger charge is 2.29. The van der Waals surface area contributed by atoms with Gasteiger partial charge >= 0.3 is 0 Å². The third-order valence-electron chi connectivity index (χ3n) is 3.32. The lowest BCUT2D eigenvalue weighted by Gasteiger charge is -2.16. The molecule has 0 N–H and O–H groups in total. The first-order valence-corrected chi connectivity index (χ1v) is 6.89. The maximum atomic E-state index is 5.63. The van der Waals surface area contributed by atoms with E-state index in [0.29, 0.717) is 0 Å². The van der Waals surface area contributed by atoms with Gasteiger partial charge in [0.25, 0.3) is 0 Å². The van der Waals surface area contributed by atoms with Crippen molar-refractivity contribution in [2.45, 2.75) is 33.1 Å². The van der Waals surface area contributed by atoms with Gasteiger partial charge in [-0.3, -0.25) is 0 Å². The van der Waals surface area contributed by atoms with E-state index in [1.165, 1.54) is 11.9 Å². The molecule has 2 aromatic heterocycles. The zero-order valence-corrected chi connectivity index (χ0v) is 12.7. The molecule has 0 amide bonds. The largest absolute Gasteiger partial charge is 0.358 e. The second-order valence-electron chi connectivity index (χ2n) is 6.16. The number of hydrogen-bond donors (Lipinski definition) is 0. The normalized spacial score (nSPS) is 11.8. The zero-order valence-electron chi connectivity index (χ0n) is 12.7. The molecule has 0 fully saturated rings. The van der Waals surface area contributed by atoms with Gasteiger partial charge in [0, 0.05) is 11.0 Å². The van der Waals surface area contributed by atoms with E-state index in [1.54, 1.807) is 11.0 Å². The summed E-state index contributed by atoms with van der Waals surface area (Å²) in [4.78, 5) is 4.03. The Bertz CT molecular complexity index is 734. The Balaban J connectivity index is 2.22. The number of benzene rings is 1. The van der Waals surface area contributed by atoms with Crippen molar-refractivity contribution in [2.24, 2.45) is 0 Å². The molecule has 2 heterocycles. The van der Waals surface area contributed by atoms with Gasteiger partial charge in [-0.2, -0.15) is 5.10 Å². The van der Waals surface area contributed by atoms with E-state index < -0.39 is 0 Å². The molecule has 0 saturated carbocycles. The van der Waals surface area contributed by atoms with E-state index >= 15 is 0 Å². The summed E-state index contributed by atoms with van der Waals surface area (Å²) in [5.41, 5.74) is 3.68. The fourth-order valence-corrected chi connectivity index (χ4v) is 2.21. The van der Waals surface area contributed by atoms with Gasteiger partial charge in [-0.1, -0.05) is 55.8 Å². The molecule has 5 heteroatoms. The van der Waals surface area contributed by atoms with Gasteiger partial charge < -0.3 is 4.52 Å². The lowest BCUT2D eigenvalue weighted by molar-refractivity contribution is 0.329. The van der Waals surface area contributed by atoms with Gasteiger partial charge in [0.15, 0.2) is 5.76 Å². The van der Waals surface area contributed by atoms with E-state index in [1.807, 2.05) is 12.1 Å². The Kier molecular flexibility index (Phi) is 3.12. The predicted molar refractivity (Wildman–Crippen MR) is 80.3 cm³/mol. The summed E-state index contributed by atoms with van der Waals surface area (Å²) >= 11 is 0. The summed E-state index contributed by atoms with van der Waals surface area (Å²) in [6.45, 7) is 8.33. The summed E-state index contributed by atoms with van der Waals surface area (Å²) in [6.07, 6.45) is 3.18. The van der Waals surface area contributed by atoms with Crippen LogP contribution in [0.5, 0.6) is 0 Å². The molecule has 3 aromatic rings. The third-order valence-corrected chi connectivity index (χ3v) is 3.32. The number of aryl methyl sites for hydroxylation is 1. The topological polar surface area (TPSA) is 56.7 Å². The highest BCUT2D eigenvalue weighted by atomic mass is 16.5. The minimum atomic E-state index is -0.169. The Morgan fingerprint density at radius 3 is 2.38 bits per heavy atom. The molecule has 0 aliphatic carbocycles. The molecular weight excluding hydrogens is 264 g/mol. The molecule has 0 atom stereocenters. The maximum Gasteiger partial charge on any atom is 0.168 e. The van der Waals surface area contributed by atoms with Crippen LogP contribution in [0.15, 0.2) is 41.4 Å². The average molecular weight is 282 g/mol. The van der Waals surface area contributed by atoms with Crippen LogP contribution in [0, 0.1) is 6.92 Å². The zero-order chi connectivity index (χ0) is 15.0. The van der Waals surface area contributed by atoms with Gasteiger partial charge in [0.2, 0.25) is 0 Å². The van der Waals surface area contributed by atoms with Gasteiger partial charge in [-0.15, -0.1) is 0 Å². The molecule has 5 nitrogen and oxygen atoms in total. The molecule has 0 radical (unpaired) electrons. The van der Waals surface area contributed by atoms with Crippen molar-refractivity contribution in [3.63, 3.8) is 0 Å². The maximum absolute atomic E-state index is 5.63. The average Bonchev–Trinajstić information content (AvgIpc) is 3.07. The number of hydrogen-bond acceptors (Lipinski definition) is 4. The molecule has 0 saturated heterocycles. The quantitative estimate of drug-likeness (QED) is 0.721. The van der Waals surface area contributed by atoms with Crippen molar-refractivity contribution < 1.29 is 4.52 Å². The Hall–Kier alpha value is -2.43. The fourth-order valence-electron chi connectivity index (χ4n) is 2.21. The first kappa shape index (κ1) is 13.5. The second kappa shape index (κ2) is 4.84. The molecule has 0 aliphatic heterocycles. The van der Waals surface area contributed by atoms with Crippen molar-refractivity contribution in [3.8, 4) is 16.9 Å². The number of aromatic nitrogens is 4. The summed E-state index contributed by atoms with van der Waals surface area (Å²) in [5.74, 6) is 0.795. The highest BCUT2D eigenvalue weighted by Crippen LogP contribution is 2.35. The van der Waals surface area contributed by atoms with Crippen molar-refractivity contribution >= 4 is 0 Å². The van der Waals surface area contributed by atoms with E-state index in [9.17, 15) is 0 Å². The van der Waals surface area contributed by atoms with Crippen LogP contribution in [0.2, 0.25) is 0 Å². The number of rotatable bonds is 2. The van der Waals surface area contributed by atoms with Crippen LogP contribution in [-0.4, -0.2) is 19.9 Å². The Morgan fingerprint density at radius 1 is 1.10 bits per heavy atom. The summed E-state index contributed by atoms with van der Waals surface area (Å²) in [7, 11) is 0. The smallest absolute Gasteiger partial charge is 0.168 e. The highest BCUT2D eigenvalue weighted by molar-refractivity contribution is 5.70. The van der Waals surface area contributed by atoms with Gasteiger partial charge in [0.1, 0.15) is 24.0 Å². The van der Waals surface area contributed by atoms with Crippen molar-refractivity contribution in [2.75, 3.05) is 0 Å². The first-order valence-electron chi connectivity index (χ1n) is 6.89. The predicted octanol–water partition coefficient (Wildman–Crippen LogP) is 3.53. The minimum Gasteiger partial charge on any atom is -0.358 e. The van der Waals surface area contributed by atoms with Crippen LogP contribution in [0.4, 0.5) is 0 Å². The van der Waals surface area contributed by atoms with Crippen LogP contribution in [0.25, 0.3) is 16.9 Å². The molecule has 0 aliphatic rings. The Morgan fingerprint density at radius 2 is 1.81 bits per heavy atom. The molecule has 21 heavy (non-hydrogen) atoms. The lowest BCUT2D eigenvalue weighted by atomic mass is 9.91. The lowest BCUT2D eigenvalue weighted by Crippen LogP contribution is -2.14. The van der Waals surface area contributed by atoms with Crippen molar-refractivity contribution in [3.05, 3.63) is 48.2 Å². The Labute approximate surface area is 123 Å². The monoisotopic (exact) mass is 282 g/mol. The molecule has 3 rings (SSSR count). The fraction of sp³-hybridized carbons (Fsp3) is 0.312. The molecule has 0 bridgehead atoms. The van der Waals surface area contributed by atoms with Gasteiger partial charge in [0.05, 0.1) is 0 Å². The van der Waals surface area contributed by atoms with Crippen LogP contribution < -0.4 is 0 Å². The standard InChI is InChI=1S/C16H18N4O/c1-11-5-7-12(8-6-11)13-14(20-10-17-9-18-20)15(21-19-13)16(2,3)4/h5-10H,1-4H3. The van der Waals surface area contributed by atoms with Crippen LogP contribution in [-0.2, 0) is 5.41 Å². The SMILES string of the molecule is Cc1ccc(-c2noc(C(C)(C)C)c2-n2cncn2)cc1. The van der Waals surface area contributed by atoms with Crippen molar-refractivity contribution in [1.29, 1.82) is 0 Å². The summed E-state index contributed by atoms with van der Waals surface area (Å²) < 4.78 is 7.34. The summed E-state index contributed by atoms with van der Waals surface area (Å²) in [5, 5.41) is 8.52. The van der Waals surface area contributed by atoms with E-state index in [2.05, 4.69) is 55.1 Å². The molecule has 0 unspecified atom stereocenters. The van der Waals surface area contributed by atoms with Crippen molar-refractivity contribution in [1.82, 2.24) is 19.9 Å². The molecule has 108 valence electrons. The summed E-state index contributed by atoms with van der Waals surface area (Å²) in [6, 6.07) is 8.21. The van der Waals surface area contributed by atoms with Gasteiger partial charge in [-0.25, -0.2) is 9.67 Å². The molecule has 1 aromatic carbocycles. The van der Waals surface area contributed by atoms with Gasteiger partial charge in [-0.05, 0) is 6.92 Å². The van der Waals surface area contributed by atoms with Crippen LogP contribution in [0.3, 0.4) is 0 Å². The molecule has 0 spiro atoms. The van der Waals surface area contributed by atoms with E-state index in [4.69, 9.17) is 4.52 Å². The third kappa shape index (κ3) is 2.46. The van der Waals surface area contributed by atoms with E-state index in [-0.39, 0.29) is 5.41 Å². The first-order chi connectivity index (χ1) is 9.97. The second-order valence-corrected chi connectivity index (χ2v) is 6.16. The minimum absolute atomic E-state index is 0.169. The molecular formula is C16H18N4O. The van der Waals surface area contributed by atoms with Crippen LogP contribution >= 0.6 is 0 Å². The van der Waals surface area contributed by atoms with Crippen LogP contribution in [0.1, 0.15) is 32.1 Å². The van der Waals surface area contributed by atoms with E-state index in [0.717, 1.165) is 22.7 Å². The number of nitrogens with zero attached hydrogens (tertiary/aromatic N) is 4.